The molecule has 32 heavy (non-hydrogen) atoms. The first-order valence-electron chi connectivity index (χ1n) is 13.7. The van der Waals surface area contributed by atoms with Gasteiger partial charge in [-0.1, -0.05) is 52.2 Å². The van der Waals surface area contributed by atoms with Crippen molar-refractivity contribution in [3.05, 3.63) is 11.6 Å². The number of hydrogen-bond donors (Lipinski definition) is 1. The second-order valence-electron chi connectivity index (χ2n) is 12.7. The quantitative estimate of drug-likeness (QED) is 0.342. The van der Waals surface area contributed by atoms with Crippen LogP contribution in [0.3, 0.4) is 0 Å². The lowest BCUT2D eigenvalue weighted by atomic mass is 9.47. The minimum atomic E-state index is -0.127. The summed E-state index contributed by atoms with van der Waals surface area (Å²) in [6, 6.07) is 0. The molecule has 0 bridgehead atoms. The van der Waals surface area contributed by atoms with Crippen LogP contribution < -0.4 is 0 Å². The maximum Gasteiger partial charge on any atom is 0.302 e. The Hall–Kier alpha value is -0.830. The van der Waals surface area contributed by atoms with Crippen molar-refractivity contribution >= 4 is 5.97 Å². The van der Waals surface area contributed by atoms with Crippen molar-refractivity contribution in [1.29, 1.82) is 0 Å². The van der Waals surface area contributed by atoms with E-state index in [4.69, 9.17) is 4.74 Å². The molecule has 0 aromatic carbocycles. The lowest BCUT2D eigenvalue weighted by Gasteiger charge is -2.58. The van der Waals surface area contributed by atoms with Gasteiger partial charge in [0.15, 0.2) is 0 Å². The van der Waals surface area contributed by atoms with Crippen LogP contribution in [0.15, 0.2) is 11.6 Å². The highest BCUT2D eigenvalue weighted by Crippen LogP contribution is 2.67. The van der Waals surface area contributed by atoms with Crippen LogP contribution in [0.25, 0.3) is 0 Å². The van der Waals surface area contributed by atoms with Gasteiger partial charge in [-0.25, -0.2) is 0 Å². The summed E-state index contributed by atoms with van der Waals surface area (Å²) in [5.74, 6) is 4.54. The number of aliphatic hydroxyl groups excluding tert-OH is 1. The van der Waals surface area contributed by atoms with E-state index in [1.807, 2.05) is 0 Å². The van der Waals surface area contributed by atoms with Crippen LogP contribution >= 0.6 is 0 Å². The number of ether oxygens (including phenoxy) is 1. The molecule has 0 aliphatic heterocycles. The number of hydrogen-bond acceptors (Lipinski definition) is 3. The zero-order chi connectivity index (χ0) is 23.1. The van der Waals surface area contributed by atoms with E-state index in [1.165, 1.54) is 57.8 Å². The van der Waals surface area contributed by atoms with Crippen LogP contribution in [0.2, 0.25) is 0 Å². The Morgan fingerprint density at radius 2 is 1.91 bits per heavy atom. The predicted octanol–water partition coefficient (Wildman–Crippen LogP) is 6.93. The van der Waals surface area contributed by atoms with E-state index in [0.717, 1.165) is 42.4 Å². The largest absolute Gasteiger partial charge is 0.462 e. The van der Waals surface area contributed by atoms with Gasteiger partial charge in [0.2, 0.25) is 0 Å². The number of rotatable bonds is 7. The Morgan fingerprint density at radius 1 is 1.12 bits per heavy atom. The average molecular weight is 445 g/mol. The second kappa shape index (κ2) is 9.43. The third-order valence-electron chi connectivity index (χ3n) is 10.8. The highest BCUT2D eigenvalue weighted by atomic mass is 16.5. The summed E-state index contributed by atoms with van der Waals surface area (Å²) in [5, 5.41) is 9.35. The lowest BCUT2D eigenvalue weighted by molar-refractivity contribution is -0.148. The van der Waals surface area contributed by atoms with Gasteiger partial charge in [-0.15, -0.1) is 0 Å². The highest BCUT2D eigenvalue weighted by Gasteiger charge is 2.59. The molecule has 3 fully saturated rings. The molecule has 0 heterocycles. The number of fused-ring (bicyclic) bond motifs is 5. The van der Waals surface area contributed by atoms with Crippen molar-refractivity contribution < 1.29 is 14.6 Å². The standard InChI is InChI=1S/C29H48O3/c1-19(18-30)7-6-8-20(2)25-11-12-26-24-10-9-22-17-23(32-21(3)31)13-15-28(22,4)27(24)14-16-29(25,26)5/h9,19-20,23-27,30H,6-8,10-18H2,1-5H3. The SMILES string of the molecule is CC(=O)OC1CCC2(C)C(=CCC3C2CCC2(C)C(C(C)CCCC(C)CO)CCC32)C1. The van der Waals surface area contributed by atoms with Gasteiger partial charge in [0.25, 0.3) is 0 Å². The summed E-state index contributed by atoms with van der Waals surface area (Å²) in [5.41, 5.74) is 2.44. The van der Waals surface area contributed by atoms with E-state index in [-0.39, 0.29) is 12.1 Å². The first-order valence-corrected chi connectivity index (χ1v) is 13.7. The van der Waals surface area contributed by atoms with Crippen LogP contribution in [0.1, 0.15) is 105 Å². The Balaban J connectivity index is 1.44. The molecule has 0 radical (unpaired) electrons. The highest BCUT2D eigenvalue weighted by molar-refractivity contribution is 5.66. The van der Waals surface area contributed by atoms with E-state index in [1.54, 1.807) is 12.5 Å². The van der Waals surface area contributed by atoms with E-state index in [2.05, 4.69) is 33.8 Å². The topological polar surface area (TPSA) is 46.5 Å². The molecule has 3 saturated carbocycles. The Kier molecular flexibility index (Phi) is 7.16. The van der Waals surface area contributed by atoms with Crippen LogP contribution in [-0.2, 0) is 9.53 Å². The first kappa shape index (κ1) is 24.3. The lowest BCUT2D eigenvalue weighted by Crippen LogP contribution is -2.51. The Morgan fingerprint density at radius 3 is 2.62 bits per heavy atom. The summed E-state index contributed by atoms with van der Waals surface area (Å²) in [7, 11) is 0. The third kappa shape index (κ3) is 4.32. The molecule has 3 nitrogen and oxygen atoms in total. The number of carbonyl (C=O) groups excluding carboxylic acids is 1. The third-order valence-corrected chi connectivity index (χ3v) is 10.8. The second-order valence-corrected chi connectivity index (χ2v) is 12.7. The van der Waals surface area contributed by atoms with E-state index in [0.29, 0.717) is 23.4 Å². The van der Waals surface area contributed by atoms with Gasteiger partial charge in [-0.3, -0.25) is 4.79 Å². The zero-order valence-corrected chi connectivity index (χ0v) is 21.4. The molecule has 9 unspecified atom stereocenters. The molecule has 1 N–H and O–H groups in total. The van der Waals surface area contributed by atoms with E-state index in [9.17, 15) is 9.90 Å². The predicted molar refractivity (Wildman–Crippen MR) is 130 cm³/mol. The summed E-state index contributed by atoms with van der Waals surface area (Å²) in [6.45, 7) is 11.8. The summed E-state index contributed by atoms with van der Waals surface area (Å²) in [4.78, 5) is 11.5. The number of allylic oxidation sites excluding steroid dienone is 1. The normalized spacial score (nSPS) is 42.8. The van der Waals surface area contributed by atoms with Gasteiger partial charge in [-0.05, 0) is 97.7 Å². The van der Waals surface area contributed by atoms with Crippen LogP contribution in [0.4, 0.5) is 0 Å². The Bertz CT molecular complexity index is 713. The van der Waals surface area contributed by atoms with Gasteiger partial charge in [0.1, 0.15) is 6.10 Å². The van der Waals surface area contributed by atoms with Crippen LogP contribution in [0.5, 0.6) is 0 Å². The first-order chi connectivity index (χ1) is 15.2. The summed E-state index contributed by atoms with van der Waals surface area (Å²) >= 11 is 0. The average Bonchev–Trinajstić information content (AvgIpc) is 3.10. The molecule has 9 atom stereocenters. The van der Waals surface area contributed by atoms with E-state index < -0.39 is 0 Å². The Labute approximate surface area is 196 Å². The van der Waals surface area contributed by atoms with Crippen molar-refractivity contribution in [2.45, 2.75) is 111 Å². The smallest absolute Gasteiger partial charge is 0.302 e. The zero-order valence-electron chi connectivity index (χ0n) is 21.4. The number of aliphatic hydroxyl groups is 1. The van der Waals surface area contributed by atoms with Crippen LogP contribution in [0, 0.1) is 46.3 Å². The van der Waals surface area contributed by atoms with Gasteiger partial charge in [0, 0.05) is 20.0 Å². The maximum atomic E-state index is 11.5. The fraction of sp³-hybridized carbons (Fsp3) is 0.897. The van der Waals surface area contributed by atoms with Gasteiger partial charge >= 0.3 is 5.97 Å². The number of esters is 1. The van der Waals surface area contributed by atoms with Gasteiger partial charge in [0.05, 0.1) is 0 Å². The molecular formula is C29H48O3. The van der Waals surface area contributed by atoms with Crippen molar-refractivity contribution in [3.8, 4) is 0 Å². The molecule has 0 amide bonds. The molecule has 4 aliphatic rings. The van der Waals surface area contributed by atoms with Gasteiger partial charge in [-0.2, -0.15) is 0 Å². The fourth-order valence-corrected chi connectivity index (χ4v) is 9.02. The van der Waals surface area contributed by atoms with Crippen molar-refractivity contribution in [2.24, 2.45) is 46.3 Å². The van der Waals surface area contributed by atoms with Crippen molar-refractivity contribution in [3.63, 3.8) is 0 Å². The molecule has 4 rings (SSSR count). The molecule has 4 aliphatic carbocycles. The minimum Gasteiger partial charge on any atom is -0.462 e. The minimum absolute atomic E-state index is 0.0995. The molecule has 0 saturated heterocycles. The maximum absolute atomic E-state index is 11.5. The van der Waals surface area contributed by atoms with Crippen LogP contribution in [-0.4, -0.2) is 23.8 Å². The number of carbonyl (C=O) groups is 1. The van der Waals surface area contributed by atoms with E-state index >= 15 is 0 Å². The summed E-state index contributed by atoms with van der Waals surface area (Å²) < 4.78 is 5.61. The van der Waals surface area contributed by atoms with Crippen molar-refractivity contribution in [1.82, 2.24) is 0 Å². The molecule has 3 heteroatoms. The van der Waals surface area contributed by atoms with Gasteiger partial charge < -0.3 is 9.84 Å². The molecule has 182 valence electrons. The monoisotopic (exact) mass is 444 g/mol. The molecule has 0 aromatic rings. The molecule has 0 spiro atoms. The fourth-order valence-electron chi connectivity index (χ4n) is 9.02. The molecular weight excluding hydrogens is 396 g/mol. The summed E-state index contributed by atoms with van der Waals surface area (Å²) in [6.07, 6.45) is 16.5. The molecule has 0 aromatic heterocycles. The van der Waals surface area contributed by atoms with Crippen molar-refractivity contribution in [2.75, 3.05) is 6.61 Å².